The van der Waals surface area contributed by atoms with Crippen LogP contribution in [0.4, 0.5) is 5.69 Å². The van der Waals surface area contributed by atoms with Gasteiger partial charge in [0.2, 0.25) is 6.20 Å². The van der Waals surface area contributed by atoms with Gasteiger partial charge >= 0.3 is 0 Å². The van der Waals surface area contributed by atoms with Crippen LogP contribution < -0.4 is 4.57 Å². The molecule has 0 bridgehead atoms. The molecule has 1 aromatic heterocycles. The van der Waals surface area contributed by atoms with Crippen LogP contribution in [0.25, 0.3) is 23.1 Å². The van der Waals surface area contributed by atoms with Gasteiger partial charge in [-0.15, -0.1) is 0 Å². The normalized spacial score (nSPS) is 11.4. The highest BCUT2D eigenvalue weighted by atomic mass is 16.6. The molecule has 1 N–H and O–H groups in total. The molecule has 3 rings (SSSR count). The molecule has 0 amide bonds. The van der Waals surface area contributed by atoms with E-state index in [-0.39, 0.29) is 11.4 Å². The minimum absolute atomic E-state index is 0.0739. The molecule has 3 aromatic rings. The molecule has 0 aliphatic heterocycles. The van der Waals surface area contributed by atoms with Crippen LogP contribution in [0.5, 0.6) is 0 Å². The van der Waals surface area contributed by atoms with E-state index < -0.39 is 4.92 Å². The fourth-order valence-corrected chi connectivity index (χ4v) is 2.81. The van der Waals surface area contributed by atoms with E-state index >= 15 is 0 Å². The molecule has 0 saturated carbocycles. The molecule has 0 saturated heterocycles. The van der Waals surface area contributed by atoms with Gasteiger partial charge < -0.3 is 5.11 Å². The third-order valence-electron chi connectivity index (χ3n) is 4.24. The summed E-state index contributed by atoms with van der Waals surface area (Å²) in [5.41, 5.74) is 4.68. The standard InChI is InChI=1S/C21H18N2O3/c1-15-13-22(14-21(24)18-6-4-3-5-7-18)16(2)12-20(15)17-8-10-19(11-9-17)23(25)26/h3-14H,1-2H3/p+1/b21-14-. The second-order valence-corrected chi connectivity index (χ2v) is 6.10. The predicted molar refractivity (Wildman–Crippen MR) is 101 cm³/mol. The van der Waals surface area contributed by atoms with Crippen molar-refractivity contribution < 1.29 is 14.6 Å². The Kier molecular flexibility index (Phi) is 4.80. The largest absolute Gasteiger partial charge is 0.502 e. The minimum Gasteiger partial charge on any atom is -0.502 e. The molecule has 5 heteroatoms. The maximum Gasteiger partial charge on any atom is 0.269 e. The Balaban J connectivity index is 1.97. The van der Waals surface area contributed by atoms with E-state index in [9.17, 15) is 15.2 Å². The van der Waals surface area contributed by atoms with E-state index in [1.807, 2.05) is 61.0 Å². The van der Waals surface area contributed by atoms with Gasteiger partial charge in [-0.3, -0.25) is 10.1 Å². The van der Waals surface area contributed by atoms with Crippen molar-refractivity contribution in [3.8, 4) is 11.1 Å². The zero-order chi connectivity index (χ0) is 18.7. The molecule has 0 atom stereocenters. The van der Waals surface area contributed by atoms with Gasteiger partial charge in [0.05, 0.1) is 4.92 Å². The smallest absolute Gasteiger partial charge is 0.269 e. The molecule has 26 heavy (non-hydrogen) atoms. The maximum atomic E-state index is 10.8. The van der Waals surface area contributed by atoms with Crippen LogP contribution in [0.2, 0.25) is 0 Å². The second kappa shape index (κ2) is 7.19. The van der Waals surface area contributed by atoms with E-state index in [0.29, 0.717) is 0 Å². The van der Waals surface area contributed by atoms with E-state index in [2.05, 4.69) is 0 Å². The highest BCUT2D eigenvalue weighted by molar-refractivity contribution is 5.69. The van der Waals surface area contributed by atoms with Gasteiger partial charge in [0, 0.05) is 36.2 Å². The number of aromatic nitrogens is 1. The summed E-state index contributed by atoms with van der Waals surface area (Å²) >= 11 is 0. The number of non-ortho nitro benzene ring substituents is 1. The number of aliphatic hydroxyl groups is 1. The quantitative estimate of drug-likeness (QED) is 0.322. The third-order valence-corrected chi connectivity index (χ3v) is 4.24. The first-order valence-corrected chi connectivity index (χ1v) is 8.19. The van der Waals surface area contributed by atoms with Crippen molar-refractivity contribution in [1.29, 1.82) is 0 Å². The van der Waals surface area contributed by atoms with Crippen molar-refractivity contribution in [3.05, 3.63) is 93.8 Å². The second-order valence-electron chi connectivity index (χ2n) is 6.10. The molecule has 0 aliphatic carbocycles. The van der Waals surface area contributed by atoms with Crippen LogP contribution in [0.15, 0.2) is 66.9 Å². The van der Waals surface area contributed by atoms with Crippen LogP contribution in [-0.4, -0.2) is 10.0 Å². The number of benzene rings is 2. The zero-order valence-electron chi connectivity index (χ0n) is 14.6. The lowest BCUT2D eigenvalue weighted by molar-refractivity contribution is -0.575. The van der Waals surface area contributed by atoms with Gasteiger partial charge in [0.25, 0.3) is 5.69 Å². The Morgan fingerprint density at radius 3 is 2.35 bits per heavy atom. The summed E-state index contributed by atoms with van der Waals surface area (Å²) in [7, 11) is 0. The lowest BCUT2D eigenvalue weighted by Crippen LogP contribution is -2.30. The van der Waals surface area contributed by atoms with Crippen LogP contribution in [0.3, 0.4) is 0 Å². The summed E-state index contributed by atoms with van der Waals surface area (Å²) in [6, 6.07) is 17.9. The molecular weight excluding hydrogens is 328 g/mol. The van der Waals surface area contributed by atoms with Gasteiger partial charge in [-0.05, 0) is 30.2 Å². The average Bonchev–Trinajstić information content (AvgIpc) is 2.65. The van der Waals surface area contributed by atoms with Crippen LogP contribution in [0.1, 0.15) is 16.8 Å². The molecule has 130 valence electrons. The van der Waals surface area contributed by atoms with Gasteiger partial charge in [-0.1, -0.05) is 30.3 Å². The summed E-state index contributed by atoms with van der Waals surface area (Å²) in [4.78, 5) is 10.4. The first kappa shape index (κ1) is 17.4. The van der Waals surface area contributed by atoms with Crippen molar-refractivity contribution in [2.75, 3.05) is 0 Å². The number of nitrogens with zero attached hydrogens (tertiary/aromatic N) is 2. The summed E-state index contributed by atoms with van der Waals surface area (Å²) in [5, 5.41) is 21.1. The number of hydrogen-bond donors (Lipinski definition) is 1. The highest BCUT2D eigenvalue weighted by Gasteiger charge is 2.14. The summed E-state index contributed by atoms with van der Waals surface area (Å²) in [6.45, 7) is 3.92. The van der Waals surface area contributed by atoms with E-state index in [1.54, 1.807) is 18.3 Å². The van der Waals surface area contributed by atoms with Crippen molar-refractivity contribution in [2.24, 2.45) is 0 Å². The number of aryl methyl sites for hydroxylation is 2. The Morgan fingerprint density at radius 2 is 1.73 bits per heavy atom. The van der Waals surface area contributed by atoms with E-state index in [0.717, 1.165) is 27.9 Å². The van der Waals surface area contributed by atoms with Crippen LogP contribution in [0, 0.1) is 24.0 Å². The van der Waals surface area contributed by atoms with Gasteiger partial charge in [-0.2, -0.15) is 4.57 Å². The van der Waals surface area contributed by atoms with Crippen LogP contribution in [-0.2, 0) is 0 Å². The predicted octanol–water partition coefficient (Wildman–Crippen LogP) is 4.68. The lowest BCUT2D eigenvalue weighted by Gasteiger charge is -2.07. The molecular formula is C21H19N2O3+. The first-order chi connectivity index (χ1) is 12.5. The molecule has 0 radical (unpaired) electrons. The SMILES string of the molecule is Cc1c[n+](/C=C(\O)c2ccccc2)c(C)cc1-c1ccc([N+](=O)[O-])cc1. The Morgan fingerprint density at radius 1 is 1.08 bits per heavy atom. The molecule has 0 unspecified atom stereocenters. The van der Waals surface area contributed by atoms with Crippen LogP contribution >= 0.6 is 0 Å². The molecule has 0 aliphatic rings. The van der Waals surface area contributed by atoms with Gasteiger partial charge in [0.1, 0.15) is 0 Å². The number of aliphatic hydroxyl groups excluding tert-OH is 1. The Hall–Kier alpha value is -3.47. The number of pyridine rings is 1. The van der Waals surface area contributed by atoms with Crippen molar-refractivity contribution in [3.63, 3.8) is 0 Å². The number of nitro benzene ring substituents is 1. The Bertz CT molecular complexity index is 978. The van der Waals surface area contributed by atoms with Gasteiger partial charge in [-0.25, -0.2) is 0 Å². The van der Waals surface area contributed by atoms with Crippen molar-refractivity contribution in [1.82, 2.24) is 0 Å². The monoisotopic (exact) mass is 347 g/mol. The third kappa shape index (κ3) is 3.62. The first-order valence-electron chi connectivity index (χ1n) is 8.19. The van der Waals surface area contributed by atoms with Crippen molar-refractivity contribution in [2.45, 2.75) is 13.8 Å². The van der Waals surface area contributed by atoms with E-state index in [4.69, 9.17) is 0 Å². The fraction of sp³-hybridized carbons (Fsp3) is 0.0952. The topological polar surface area (TPSA) is 67.2 Å². The van der Waals surface area contributed by atoms with Gasteiger partial charge in [0.15, 0.2) is 17.6 Å². The Labute approximate surface area is 151 Å². The fourth-order valence-electron chi connectivity index (χ4n) is 2.81. The molecule has 5 nitrogen and oxygen atoms in total. The van der Waals surface area contributed by atoms with Crippen molar-refractivity contribution >= 4 is 17.6 Å². The minimum atomic E-state index is -0.405. The number of rotatable bonds is 4. The maximum absolute atomic E-state index is 10.8. The lowest BCUT2D eigenvalue weighted by atomic mass is 10.0. The number of hydrogen-bond acceptors (Lipinski definition) is 3. The molecule has 0 fully saturated rings. The average molecular weight is 347 g/mol. The zero-order valence-corrected chi connectivity index (χ0v) is 14.6. The van der Waals surface area contributed by atoms with E-state index in [1.165, 1.54) is 12.1 Å². The summed E-state index contributed by atoms with van der Waals surface area (Å²) in [6.07, 6.45) is 3.61. The summed E-state index contributed by atoms with van der Waals surface area (Å²) in [5.74, 6) is 0.182. The summed E-state index contributed by atoms with van der Waals surface area (Å²) < 4.78 is 1.87. The number of nitro groups is 1. The molecule has 0 spiro atoms. The molecule has 1 heterocycles. The highest BCUT2D eigenvalue weighted by Crippen LogP contribution is 2.25. The molecule has 2 aromatic carbocycles.